The first-order valence-electron chi connectivity index (χ1n) is 7.33. The van der Waals surface area contributed by atoms with Crippen LogP contribution in [0.2, 0.25) is 5.28 Å². The average Bonchev–Trinajstić information content (AvgIpc) is 2.81. The van der Waals surface area contributed by atoms with Crippen molar-refractivity contribution in [1.29, 1.82) is 0 Å². The molecule has 0 fully saturated rings. The van der Waals surface area contributed by atoms with Gasteiger partial charge in [-0.3, -0.25) is 0 Å². The largest absolute Gasteiger partial charge is 0.373 e. The number of rotatable bonds is 2. The summed E-state index contributed by atoms with van der Waals surface area (Å²) in [6.07, 6.45) is 1.62. The van der Waals surface area contributed by atoms with Crippen molar-refractivity contribution >= 4 is 17.4 Å². The number of anilines is 1. The Morgan fingerprint density at radius 2 is 2.17 bits per heavy atom. The fraction of sp³-hybridized carbons (Fsp3) is 0.286. The molecule has 1 aliphatic carbocycles. The second-order valence-corrected chi connectivity index (χ2v) is 4.67. The van der Waals surface area contributed by atoms with Crippen LogP contribution in [-0.2, 0) is 6.42 Å². The average molecular weight is 263 g/mol. The van der Waals surface area contributed by atoms with Crippen LogP contribution in [0.3, 0.4) is 0 Å². The lowest BCUT2D eigenvalue weighted by Gasteiger charge is -2.12. The summed E-state index contributed by atoms with van der Waals surface area (Å²) in [5, 5.41) is 2.53. The molecule has 1 aromatic heterocycles. The first kappa shape index (κ1) is 8.48. The molecule has 0 bridgehead atoms. The van der Waals surface area contributed by atoms with E-state index in [4.69, 9.17) is 15.7 Å². The van der Waals surface area contributed by atoms with Crippen LogP contribution < -0.4 is 5.32 Å². The molecule has 3 nitrogen and oxygen atoms in total. The van der Waals surface area contributed by atoms with E-state index < -0.39 is 6.98 Å². The van der Waals surface area contributed by atoms with Crippen LogP contribution in [0, 0.1) is 0 Å². The normalized spacial score (nSPS) is 20.7. The molecule has 0 amide bonds. The van der Waals surface area contributed by atoms with Crippen molar-refractivity contribution in [2.75, 3.05) is 12.3 Å². The zero-order valence-corrected chi connectivity index (χ0v) is 10.4. The Bertz CT molecular complexity index is 659. The van der Waals surface area contributed by atoms with Gasteiger partial charge in [-0.2, -0.15) is 0 Å². The number of fused-ring (bicyclic) bond motifs is 1. The first-order valence-corrected chi connectivity index (χ1v) is 6.21. The number of aromatic nitrogens is 2. The van der Waals surface area contributed by atoms with E-state index in [0.717, 1.165) is 29.7 Å². The maximum atomic E-state index is 7.34. The van der Waals surface area contributed by atoms with Crippen molar-refractivity contribution in [3.05, 3.63) is 52.4 Å². The van der Waals surface area contributed by atoms with E-state index in [1.54, 1.807) is 0 Å². The van der Waals surface area contributed by atoms with Gasteiger partial charge in [0.25, 0.3) is 0 Å². The molecular formula is C14H14ClN3. The maximum Gasteiger partial charge on any atom is 0.224 e. The molecule has 0 spiro atoms. The number of benzene rings is 1. The SMILES string of the molecule is [2H]C([2H])([2H])Nc1nc(Cl)nc2c1CCC2c1ccccc1. The van der Waals surface area contributed by atoms with Gasteiger partial charge in [0, 0.05) is 22.6 Å². The van der Waals surface area contributed by atoms with Gasteiger partial charge in [-0.15, -0.1) is 0 Å². The third-order valence-corrected chi connectivity index (χ3v) is 3.51. The van der Waals surface area contributed by atoms with Gasteiger partial charge in [0.2, 0.25) is 5.28 Å². The van der Waals surface area contributed by atoms with E-state index in [9.17, 15) is 0 Å². The molecule has 0 aliphatic heterocycles. The van der Waals surface area contributed by atoms with E-state index in [-0.39, 0.29) is 11.2 Å². The molecule has 1 aliphatic rings. The van der Waals surface area contributed by atoms with Crippen molar-refractivity contribution in [3.63, 3.8) is 0 Å². The van der Waals surface area contributed by atoms with Gasteiger partial charge < -0.3 is 5.32 Å². The molecule has 2 aromatic rings. The molecule has 0 saturated heterocycles. The molecule has 1 heterocycles. The molecule has 18 heavy (non-hydrogen) atoms. The van der Waals surface area contributed by atoms with Gasteiger partial charge in [0.1, 0.15) is 5.82 Å². The molecule has 1 aromatic carbocycles. The molecule has 1 unspecified atom stereocenters. The number of halogens is 1. The molecule has 0 radical (unpaired) electrons. The highest BCUT2D eigenvalue weighted by Crippen LogP contribution is 2.39. The van der Waals surface area contributed by atoms with E-state index >= 15 is 0 Å². The van der Waals surface area contributed by atoms with Crippen LogP contribution in [0.25, 0.3) is 0 Å². The van der Waals surface area contributed by atoms with Crippen molar-refractivity contribution in [2.45, 2.75) is 18.8 Å². The summed E-state index contributed by atoms with van der Waals surface area (Å²) in [6, 6.07) is 10.0. The number of nitrogens with one attached hydrogen (secondary N) is 1. The minimum atomic E-state index is -2.30. The summed E-state index contributed by atoms with van der Waals surface area (Å²) < 4.78 is 22.0. The summed E-state index contributed by atoms with van der Waals surface area (Å²) >= 11 is 5.96. The lowest BCUT2D eigenvalue weighted by atomic mass is 9.97. The molecule has 1 N–H and O–H groups in total. The zero-order valence-electron chi connectivity index (χ0n) is 12.7. The van der Waals surface area contributed by atoms with Crippen LogP contribution in [0.1, 0.15) is 33.3 Å². The standard InChI is InChI=1S/C14H14ClN3/c1-16-13-11-8-7-10(9-5-3-2-4-6-9)12(11)17-14(15)18-13/h2-6,10H,7-8H2,1H3,(H,16,17,18)/i1D3. The fourth-order valence-corrected chi connectivity index (χ4v) is 2.72. The van der Waals surface area contributed by atoms with E-state index in [1.807, 2.05) is 30.3 Å². The minimum absolute atomic E-state index is 0.0725. The number of hydrogen-bond donors (Lipinski definition) is 1. The molecule has 1 atom stereocenters. The Hall–Kier alpha value is -1.61. The monoisotopic (exact) mass is 262 g/mol. The Morgan fingerprint density at radius 3 is 2.94 bits per heavy atom. The van der Waals surface area contributed by atoms with Crippen molar-refractivity contribution in [3.8, 4) is 0 Å². The van der Waals surface area contributed by atoms with Crippen LogP contribution in [0.4, 0.5) is 5.82 Å². The summed E-state index contributed by atoms with van der Waals surface area (Å²) in [4.78, 5) is 8.37. The fourth-order valence-electron chi connectivity index (χ4n) is 2.55. The Morgan fingerprint density at radius 1 is 1.33 bits per heavy atom. The van der Waals surface area contributed by atoms with Crippen LogP contribution >= 0.6 is 11.6 Å². The third kappa shape index (κ3) is 1.85. The Kier molecular flexibility index (Phi) is 2.16. The van der Waals surface area contributed by atoms with E-state index in [1.165, 1.54) is 0 Å². The highest BCUT2D eigenvalue weighted by atomic mass is 35.5. The lowest BCUT2D eigenvalue weighted by molar-refractivity contribution is 0.771. The van der Waals surface area contributed by atoms with E-state index in [0.29, 0.717) is 5.82 Å². The molecule has 0 saturated carbocycles. The predicted molar refractivity (Wildman–Crippen MR) is 73.2 cm³/mol. The summed E-state index contributed by atoms with van der Waals surface area (Å²) in [7, 11) is 0. The van der Waals surface area contributed by atoms with Crippen molar-refractivity contribution in [1.82, 2.24) is 9.97 Å². The summed E-state index contributed by atoms with van der Waals surface area (Å²) in [5.74, 6) is 0.460. The van der Waals surface area contributed by atoms with Gasteiger partial charge in [-0.1, -0.05) is 30.3 Å². The molecular weight excluding hydrogens is 246 g/mol. The Balaban J connectivity index is 2.03. The smallest absolute Gasteiger partial charge is 0.224 e. The number of nitrogens with zero attached hydrogens (tertiary/aromatic N) is 2. The van der Waals surface area contributed by atoms with Crippen molar-refractivity contribution < 1.29 is 4.11 Å². The predicted octanol–water partition coefficient (Wildman–Crippen LogP) is 3.25. The summed E-state index contributed by atoms with van der Waals surface area (Å²) in [5.41, 5.74) is 2.84. The van der Waals surface area contributed by atoms with Crippen LogP contribution in [0.15, 0.2) is 30.3 Å². The van der Waals surface area contributed by atoms with Crippen LogP contribution in [-0.4, -0.2) is 16.9 Å². The second-order valence-electron chi connectivity index (χ2n) is 4.33. The van der Waals surface area contributed by atoms with Gasteiger partial charge in [-0.25, -0.2) is 9.97 Å². The highest BCUT2D eigenvalue weighted by Gasteiger charge is 2.28. The van der Waals surface area contributed by atoms with Gasteiger partial charge in [0.05, 0.1) is 5.69 Å². The van der Waals surface area contributed by atoms with E-state index in [2.05, 4.69) is 15.3 Å². The first-order chi connectivity index (χ1) is 9.94. The maximum absolute atomic E-state index is 7.34. The van der Waals surface area contributed by atoms with Gasteiger partial charge in [-0.05, 0) is 30.0 Å². The highest BCUT2D eigenvalue weighted by molar-refractivity contribution is 6.28. The third-order valence-electron chi connectivity index (χ3n) is 3.35. The molecule has 92 valence electrons. The quantitative estimate of drug-likeness (QED) is 0.845. The minimum Gasteiger partial charge on any atom is -0.373 e. The van der Waals surface area contributed by atoms with Crippen molar-refractivity contribution in [2.24, 2.45) is 0 Å². The lowest BCUT2D eigenvalue weighted by Crippen LogP contribution is -2.04. The molecule has 4 heteroatoms. The number of hydrogen-bond acceptors (Lipinski definition) is 3. The summed E-state index contributed by atoms with van der Waals surface area (Å²) in [6.45, 7) is -2.30. The second kappa shape index (κ2) is 4.58. The topological polar surface area (TPSA) is 37.8 Å². The van der Waals surface area contributed by atoms with Gasteiger partial charge in [0.15, 0.2) is 0 Å². The molecule has 3 rings (SSSR count). The zero-order chi connectivity index (χ0) is 15.0. The van der Waals surface area contributed by atoms with Gasteiger partial charge >= 0.3 is 0 Å². The van der Waals surface area contributed by atoms with Crippen LogP contribution in [0.5, 0.6) is 0 Å². The Labute approximate surface area is 115 Å².